The first-order chi connectivity index (χ1) is 19.2. The van der Waals surface area contributed by atoms with Crippen molar-refractivity contribution in [1.82, 2.24) is 10.2 Å². The van der Waals surface area contributed by atoms with Crippen molar-refractivity contribution in [2.45, 2.75) is 100 Å². The number of carbonyl (C=O) groups excluding carboxylic acids is 3. The third-order valence-electron chi connectivity index (χ3n) is 9.01. The number of fused-ring (bicyclic) bond motifs is 1. The van der Waals surface area contributed by atoms with Crippen molar-refractivity contribution in [3.8, 4) is 5.75 Å². The predicted molar refractivity (Wildman–Crippen MR) is 154 cm³/mol. The normalized spacial score (nSPS) is 32.3. The van der Waals surface area contributed by atoms with Gasteiger partial charge >= 0.3 is 0 Å². The van der Waals surface area contributed by atoms with Crippen molar-refractivity contribution >= 4 is 39.3 Å². The molecule has 7 atom stereocenters. The summed E-state index contributed by atoms with van der Waals surface area (Å²) < 4.78 is 12.1. The van der Waals surface area contributed by atoms with Gasteiger partial charge in [0.05, 0.1) is 37.2 Å². The van der Waals surface area contributed by atoms with Crippen LogP contribution in [0.2, 0.25) is 0 Å². The van der Waals surface area contributed by atoms with Crippen LogP contribution in [0.15, 0.2) is 24.3 Å². The Bertz CT molecular complexity index is 1090. The molecule has 2 bridgehead atoms. The van der Waals surface area contributed by atoms with Crippen LogP contribution in [-0.2, 0) is 19.1 Å². The maximum Gasteiger partial charge on any atom is 0.246 e. The summed E-state index contributed by atoms with van der Waals surface area (Å²) in [4.78, 5) is 43.5. The molecule has 3 saturated heterocycles. The van der Waals surface area contributed by atoms with Gasteiger partial charge in [-0.15, -0.1) is 0 Å². The lowest BCUT2D eigenvalue weighted by Gasteiger charge is -2.38. The van der Waals surface area contributed by atoms with E-state index in [-0.39, 0.29) is 41.1 Å². The lowest BCUT2D eigenvalue weighted by Crippen LogP contribution is -2.59. The Hall–Kier alpha value is -2.17. The highest BCUT2D eigenvalue weighted by Gasteiger charge is 2.77. The summed E-state index contributed by atoms with van der Waals surface area (Å²) in [5, 5.41) is 16.6. The number of likely N-dealkylation sites (tertiary alicyclic amines) is 1. The number of nitrogens with one attached hydrogen (secondary N) is 2. The summed E-state index contributed by atoms with van der Waals surface area (Å²) in [7, 11) is 0. The first kappa shape index (κ1) is 29.3. The highest BCUT2D eigenvalue weighted by atomic mass is 79.9. The number of aliphatic hydroxyl groups is 1. The summed E-state index contributed by atoms with van der Waals surface area (Å²) in [6.45, 7) is 6.25. The van der Waals surface area contributed by atoms with Gasteiger partial charge in [-0.05, 0) is 62.8 Å². The van der Waals surface area contributed by atoms with E-state index in [0.717, 1.165) is 32.1 Å². The second-order valence-electron chi connectivity index (χ2n) is 12.2. The lowest BCUT2D eigenvalue weighted by molar-refractivity contribution is -0.145. The molecule has 10 heteroatoms. The van der Waals surface area contributed by atoms with Gasteiger partial charge < -0.3 is 30.1 Å². The number of ether oxygens (including phenoxy) is 2. The molecule has 1 aromatic carbocycles. The second kappa shape index (κ2) is 12.0. The molecule has 0 aromatic heterocycles. The zero-order chi connectivity index (χ0) is 28.6. The van der Waals surface area contributed by atoms with Gasteiger partial charge in [0.25, 0.3) is 0 Å². The second-order valence-corrected chi connectivity index (χ2v) is 13.3. The monoisotopic (exact) mass is 619 g/mol. The standard InChI is InChI=1S/C30H42BrN3O6/c1-4-39-21-12-10-19(11-13-21)32-27(36)23-24-29(38)34(20(16-35)14-17(2)3)26(30(24)15-22(31)25(23)40-30)28(37)33-18-8-6-5-7-9-18/h10-13,17-18,20,22-26,35H,4-9,14-16H2,1-3H3,(H,32,36)(H,33,37)/t20-,22?,23-,24+,25-,26?,30?/m1/s1. The number of hydrogen-bond acceptors (Lipinski definition) is 6. The average molecular weight is 621 g/mol. The summed E-state index contributed by atoms with van der Waals surface area (Å²) in [5.41, 5.74) is -0.543. The molecule has 3 aliphatic heterocycles. The minimum absolute atomic E-state index is 0.0588. The van der Waals surface area contributed by atoms with Crippen LogP contribution in [0.1, 0.15) is 65.7 Å². The minimum atomic E-state index is -1.14. The van der Waals surface area contributed by atoms with Crippen LogP contribution in [0.5, 0.6) is 5.75 Å². The fraction of sp³-hybridized carbons (Fsp3) is 0.700. The first-order valence-corrected chi connectivity index (χ1v) is 15.7. The largest absolute Gasteiger partial charge is 0.494 e. The SMILES string of the molecule is CCOc1ccc(NC(=O)[C@H]2[C@@H]3OC4(CC3Br)C(C(=O)NC3CCCCC3)N([C@@H](CO)CC(C)C)C(=O)[C@H]24)cc1. The first-order valence-electron chi connectivity index (χ1n) is 14.8. The number of hydrogen-bond donors (Lipinski definition) is 3. The maximum absolute atomic E-state index is 14.3. The molecular formula is C30H42BrN3O6. The van der Waals surface area contributed by atoms with E-state index in [1.165, 1.54) is 0 Å². The molecule has 1 spiro atoms. The lowest BCUT2D eigenvalue weighted by atomic mass is 9.70. The zero-order valence-electron chi connectivity index (χ0n) is 23.6. The van der Waals surface area contributed by atoms with Crippen LogP contribution in [0, 0.1) is 17.8 Å². The predicted octanol–water partition coefficient (Wildman–Crippen LogP) is 3.63. The molecule has 3 heterocycles. The third-order valence-corrected chi connectivity index (χ3v) is 9.85. The van der Waals surface area contributed by atoms with Gasteiger partial charge in [-0.1, -0.05) is 49.0 Å². The number of aliphatic hydroxyl groups excluding tert-OH is 1. The molecule has 3 N–H and O–H groups in total. The highest BCUT2D eigenvalue weighted by molar-refractivity contribution is 9.09. The summed E-state index contributed by atoms with van der Waals surface area (Å²) in [6.07, 6.45) is 5.56. The molecule has 220 valence electrons. The molecule has 5 rings (SSSR count). The van der Waals surface area contributed by atoms with Gasteiger partial charge in [-0.2, -0.15) is 0 Å². The molecule has 1 saturated carbocycles. The fourth-order valence-electron chi connectivity index (χ4n) is 7.43. The van der Waals surface area contributed by atoms with Crippen molar-refractivity contribution in [2.24, 2.45) is 17.8 Å². The van der Waals surface area contributed by atoms with Gasteiger partial charge in [0.1, 0.15) is 17.4 Å². The van der Waals surface area contributed by atoms with E-state index in [1.807, 2.05) is 20.8 Å². The Morgan fingerprint density at radius 1 is 1.18 bits per heavy atom. The Balaban J connectivity index is 1.46. The van der Waals surface area contributed by atoms with Gasteiger partial charge in [0.15, 0.2) is 0 Å². The van der Waals surface area contributed by atoms with Crippen LogP contribution in [0.25, 0.3) is 0 Å². The van der Waals surface area contributed by atoms with Gasteiger partial charge in [-0.3, -0.25) is 14.4 Å². The molecule has 40 heavy (non-hydrogen) atoms. The van der Waals surface area contributed by atoms with E-state index in [1.54, 1.807) is 29.2 Å². The average Bonchev–Trinajstić information content (AvgIpc) is 3.52. The fourth-order valence-corrected chi connectivity index (χ4v) is 8.38. The zero-order valence-corrected chi connectivity index (χ0v) is 25.2. The van der Waals surface area contributed by atoms with Crippen molar-refractivity contribution in [3.05, 3.63) is 24.3 Å². The smallest absolute Gasteiger partial charge is 0.246 e. The Labute approximate surface area is 244 Å². The van der Waals surface area contributed by atoms with Crippen LogP contribution in [-0.4, -0.2) is 75.6 Å². The van der Waals surface area contributed by atoms with Crippen molar-refractivity contribution in [3.63, 3.8) is 0 Å². The number of rotatable bonds is 10. The third kappa shape index (κ3) is 5.27. The van der Waals surface area contributed by atoms with Crippen LogP contribution >= 0.6 is 15.9 Å². The van der Waals surface area contributed by atoms with E-state index in [2.05, 4.69) is 26.6 Å². The van der Waals surface area contributed by atoms with Crippen LogP contribution < -0.4 is 15.4 Å². The summed E-state index contributed by atoms with van der Waals surface area (Å²) in [5.74, 6) is -1.50. The number of nitrogens with zero attached hydrogens (tertiary/aromatic N) is 1. The quantitative estimate of drug-likeness (QED) is 0.344. The molecular weight excluding hydrogens is 578 g/mol. The minimum Gasteiger partial charge on any atom is -0.494 e. The number of halogens is 1. The van der Waals surface area contributed by atoms with Gasteiger partial charge in [-0.25, -0.2) is 0 Å². The van der Waals surface area contributed by atoms with Crippen molar-refractivity contribution < 1.29 is 29.0 Å². The van der Waals surface area contributed by atoms with Crippen LogP contribution in [0.4, 0.5) is 5.69 Å². The summed E-state index contributed by atoms with van der Waals surface area (Å²) >= 11 is 3.72. The van der Waals surface area contributed by atoms with Gasteiger partial charge in [0, 0.05) is 16.6 Å². The molecule has 4 fully saturated rings. The number of amides is 3. The van der Waals surface area contributed by atoms with E-state index >= 15 is 0 Å². The highest BCUT2D eigenvalue weighted by Crippen LogP contribution is 2.60. The van der Waals surface area contributed by atoms with E-state index in [9.17, 15) is 19.5 Å². The Morgan fingerprint density at radius 2 is 1.88 bits per heavy atom. The Morgan fingerprint density at radius 3 is 2.50 bits per heavy atom. The maximum atomic E-state index is 14.3. The number of anilines is 1. The van der Waals surface area contributed by atoms with E-state index in [0.29, 0.717) is 30.9 Å². The molecule has 1 aromatic rings. The molecule has 0 radical (unpaired) electrons. The molecule has 3 unspecified atom stereocenters. The van der Waals surface area contributed by atoms with Crippen molar-refractivity contribution in [2.75, 3.05) is 18.5 Å². The number of benzene rings is 1. The topological polar surface area (TPSA) is 117 Å². The molecule has 9 nitrogen and oxygen atoms in total. The number of carbonyl (C=O) groups is 3. The van der Waals surface area contributed by atoms with E-state index < -0.39 is 35.6 Å². The van der Waals surface area contributed by atoms with Crippen molar-refractivity contribution in [1.29, 1.82) is 0 Å². The van der Waals surface area contributed by atoms with E-state index in [4.69, 9.17) is 9.47 Å². The molecule has 4 aliphatic rings. The van der Waals surface area contributed by atoms with Gasteiger partial charge in [0.2, 0.25) is 17.7 Å². The van der Waals surface area contributed by atoms with Crippen LogP contribution in [0.3, 0.4) is 0 Å². The summed E-state index contributed by atoms with van der Waals surface area (Å²) in [6, 6.07) is 5.73. The molecule has 1 aliphatic carbocycles. The molecule has 3 amide bonds. The Kier molecular flexibility index (Phi) is 8.78. The number of alkyl halides is 1.